The van der Waals surface area contributed by atoms with E-state index in [0.717, 1.165) is 6.29 Å². The average Bonchev–Trinajstić information content (AvgIpc) is 2.29. The summed E-state index contributed by atoms with van der Waals surface area (Å²) >= 11 is 0. The van der Waals surface area contributed by atoms with E-state index < -0.39 is 0 Å². The van der Waals surface area contributed by atoms with E-state index in [-0.39, 0.29) is 0 Å². The number of hydrogen-bond donors (Lipinski definition) is 0. The van der Waals surface area contributed by atoms with Crippen LogP contribution >= 0.6 is 0 Å². The molecule has 0 aliphatic rings. The van der Waals surface area contributed by atoms with Gasteiger partial charge in [0.25, 0.3) is 0 Å². The maximum absolute atomic E-state index is 10.8. The Labute approximate surface area is 96.1 Å². The summed E-state index contributed by atoms with van der Waals surface area (Å²) < 4.78 is 0. The van der Waals surface area contributed by atoms with Crippen LogP contribution in [0.1, 0.15) is 30.9 Å². The van der Waals surface area contributed by atoms with Crippen LogP contribution in [0.5, 0.6) is 0 Å². The topological polar surface area (TPSA) is 17.1 Å². The standard InChI is InChI=1S/C15H16O/c1-11(2)13-8-7-12-5-3-4-6-14(12)15(13)9-10-16/h3-8,10-11H,9H2,1-2H3. The first kappa shape index (κ1) is 10.9. The first-order valence-electron chi connectivity index (χ1n) is 5.68. The van der Waals surface area contributed by atoms with E-state index in [2.05, 4.69) is 38.1 Å². The SMILES string of the molecule is CC(C)c1ccc2ccccc2c1CC=O. The number of rotatable bonds is 3. The largest absolute Gasteiger partial charge is 0.303 e. The molecule has 0 atom stereocenters. The first-order valence-corrected chi connectivity index (χ1v) is 5.68. The van der Waals surface area contributed by atoms with Crippen LogP contribution in [0.3, 0.4) is 0 Å². The van der Waals surface area contributed by atoms with Gasteiger partial charge in [-0.3, -0.25) is 0 Å². The molecule has 0 aliphatic carbocycles. The van der Waals surface area contributed by atoms with Crippen LogP contribution in [0.25, 0.3) is 10.8 Å². The summed E-state index contributed by atoms with van der Waals surface area (Å²) in [7, 11) is 0. The lowest BCUT2D eigenvalue weighted by molar-refractivity contribution is -0.107. The minimum absolute atomic E-state index is 0.458. The summed E-state index contributed by atoms with van der Waals surface area (Å²) in [6, 6.07) is 12.5. The Kier molecular flexibility index (Phi) is 3.04. The lowest BCUT2D eigenvalue weighted by Crippen LogP contribution is -1.98. The van der Waals surface area contributed by atoms with E-state index in [1.165, 1.54) is 21.9 Å². The molecule has 0 spiro atoms. The van der Waals surface area contributed by atoms with Gasteiger partial charge >= 0.3 is 0 Å². The zero-order valence-electron chi connectivity index (χ0n) is 9.73. The molecular weight excluding hydrogens is 196 g/mol. The van der Waals surface area contributed by atoms with E-state index in [0.29, 0.717) is 12.3 Å². The van der Waals surface area contributed by atoms with Gasteiger partial charge in [0.2, 0.25) is 0 Å². The van der Waals surface area contributed by atoms with Crippen LogP contribution in [-0.4, -0.2) is 6.29 Å². The van der Waals surface area contributed by atoms with Crippen molar-refractivity contribution in [1.82, 2.24) is 0 Å². The molecule has 2 aromatic carbocycles. The van der Waals surface area contributed by atoms with Crippen molar-refractivity contribution in [2.24, 2.45) is 0 Å². The fourth-order valence-electron chi connectivity index (χ4n) is 2.20. The second-order valence-corrected chi connectivity index (χ2v) is 4.38. The Morgan fingerprint density at radius 1 is 1.12 bits per heavy atom. The van der Waals surface area contributed by atoms with Crippen LogP contribution in [-0.2, 0) is 11.2 Å². The van der Waals surface area contributed by atoms with Gasteiger partial charge in [0, 0.05) is 6.42 Å². The number of hydrogen-bond acceptors (Lipinski definition) is 1. The van der Waals surface area contributed by atoms with Gasteiger partial charge in [-0.1, -0.05) is 50.2 Å². The lowest BCUT2D eigenvalue weighted by Gasteiger charge is -2.13. The number of carbonyl (C=O) groups is 1. The van der Waals surface area contributed by atoms with Crippen molar-refractivity contribution in [3.05, 3.63) is 47.5 Å². The van der Waals surface area contributed by atoms with Gasteiger partial charge < -0.3 is 4.79 Å². The Morgan fingerprint density at radius 2 is 1.88 bits per heavy atom. The molecule has 0 N–H and O–H groups in total. The molecule has 1 nitrogen and oxygen atoms in total. The molecule has 0 saturated heterocycles. The number of fused-ring (bicyclic) bond motifs is 1. The van der Waals surface area contributed by atoms with Crippen molar-refractivity contribution in [2.45, 2.75) is 26.2 Å². The Morgan fingerprint density at radius 3 is 2.56 bits per heavy atom. The molecule has 1 heteroatoms. The van der Waals surface area contributed by atoms with Crippen molar-refractivity contribution in [3.8, 4) is 0 Å². The van der Waals surface area contributed by atoms with Crippen molar-refractivity contribution in [3.63, 3.8) is 0 Å². The van der Waals surface area contributed by atoms with Gasteiger partial charge in [-0.25, -0.2) is 0 Å². The minimum atomic E-state index is 0.458. The van der Waals surface area contributed by atoms with Crippen molar-refractivity contribution in [2.75, 3.05) is 0 Å². The summed E-state index contributed by atoms with van der Waals surface area (Å²) in [5.41, 5.74) is 2.47. The highest BCUT2D eigenvalue weighted by molar-refractivity contribution is 5.88. The van der Waals surface area contributed by atoms with Crippen molar-refractivity contribution in [1.29, 1.82) is 0 Å². The molecule has 0 fully saturated rings. The quantitative estimate of drug-likeness (QED) is 0.709. The van der Waals surface area contributed by atoms with Gasteiger partial charge in [0.05, 0.1) is 0 Å². The predicted octanol–water partition coefficient (Wildman–Crippen LogP) is 3.70. The smallest absolute Gasteiger partial charge is 0.124 e. The van der Waals surface area contributed by atoms with Crippen LogP contribution in [0.2, 0.25) is 0 Å². The summed E-state index contributed by atoms with van der Waals surface area (Å²) in [5, 5.41) is 2.42. The molecule has 0 aliphatic heterocycles. The second-order valence-electron chi connectivity index (χ2n) is 4.38. The van der Waals surface area contributed by atoms with Crippen LogP contribution in [0.4, 0.5) is 0 Å². The maximum Gasteiger partial charge on any atom is 0.124 e. The maximum atomic E-state index is 10.8. The van der Waals surface area contributed by atoms with Gasteiger partial charge in [0.1, 0.15) is 6.29 Å². The van der Waals surface area contributed by atoms with Crippen LogP contribution in [0.15, 0.2) is 36.4 Å². The van der Waals surface area contributed by atoms with E-state index in [9.17, 15) is 4.79 Å². The average molecular weight is 212 g/mol. The number of carbonyl (C=O) groups excluding carboxylic acids is 1. The third-order valence-corrected chi connectivity index (χ3v) is 2.99. The lowest BCUT2D eigenvalue weighted by atomic mass is 9.91. The Balaban J connectivity index is 2.73. The monoisotopic (exact) mass is 212 g/mol. The van der Waals surface area contributed by atoms with Gasteiger partial charge in [-0.2, -0.15) is 0 Å². The molecule has 0 heterocycles. The highest BCUT2D eigenvalue weighted by atomic mass is 16.1. The van der Waals surface area contributed by atoms with Gasteiger partial charge in [-0.05, 0) is 27.8 Å². The number of benzene rings is 2. The fraction of sp³-hybridized carbons (Fsp3) is 0.267. The van der Waals surface area contributed by atoms with E-state index in [1.807, 2.05) is 12.1 Å². The normalized spacial score (nSPS) is 10.9. The van der Waals surface area contributed by atoms with Gasteiger partial charge in [0.15, 0.2) is 0 Å². The van der Waals surface area contributed by atoms with Crippen LogP contribution in [0, 0.1) is 0 Å². The van der Waals surface area contributed by atoms with Crippen molar-refractivity contribution >= 4 is 17.1 Å². The third-order valence-electron chi connectivity index (χ3n) is 2.99. The van der Waals surface area contributed by atoms with Gasteiger partial charge in [-0.15, -0.1) is 0 Å². The summed E-state index contributed by atoms with van der Waals surface area (Å²) in [4.78, 5) is 10.8. The Bertz CT molecular complexity index is 512. The highest BCUT2D eigenvalue weighted by Crippen LogP contribution is 2.27. The molecule has 0 radical (unpaired) electrons. The third kappa shape index (κ3) is 1.85. The predicted molar refractivity (Wildman–Crippen MR) is 67.8 cm³/mol. The summed E-state index contributed by atoms with van der Waals surface area (Å²) in [5.74, 6) is 0.458. The first-order chi connectivity index (χ1) is 7.74. The molecule has 0 saturated carbocycles. The molecule has 0 aromatic heterocycles. The molecule has 82 valence electrons. The zero-order chi connectivity index (χ0) is 11.5. The van der Waals surface area contributed by atoms with E-state index in [1.54, 1.807) is 0 Å². The van der Waals surface area contributed by atoms with E-state index in [4.69, 9.17) is 0 Å². The minimum Gasteiger partial charge on any atom is -0.303 e. The molecule has 2 aromatic rings. The fourth-order valence-corrected chi connectivity index (χ4v) is 2.20. The van der Waals surface area contributed by atoms with E-state index >= 15 is 0 Å². The molecular formula is C15H16O. The Hall–Kier alpha value is -1.63. The molecule has 0 bridgehead atoms. The van der Waals surface area contributed by atoms with Crippen LogP contribution < -0.4 is 0 Å². The van der Waals surface area contributed by atoms with Crippen molar-refractivity contribution < 1.29 is 4.79 Å². The molecule has 0 amide bonds. The highest BCUT2D eigenvalue weighted by Gasteiger charge is 2.09. The molecule has 0 unspecified atom stereocenters. The zero-order valence-corrected chi connectivity index (χ0v) is 9.73. The summed E-state index contributed by atoms with van der Waals surface area (Å²) in [6.45, 7) is 4.33. The molecule has 2 rings (SSSR count). The molecule has 16 heavy (non-hydrogen) atoms. The second kappa shape index (κ2) is 4.48. The summed E-state index contributed by atoms with van der Waals surface area (Å²) in [6.07, 6.45) is 1.50. The number of aldehydes is 1.